The van der Waals surface area contributed by atoms with E-state index in [4.69, 9.17) is 0 Å². The van der Waals surface area contributed by atoms with Crippen molar-refractivity contribution in [2.75, 3.05) is 18.0 Å². The summed E-state index contributed by atoms with van der Waals surface area (Å²) in [6, 6.07) is 5.13. The van der Waals surface area contributed by atoms with Crippen LogP contribution in [0.15, 0.2) is 18.2 Å². The number of anilines is 1. The fourth-order valence-electron chi connectivity index (χ4n) is 2.84. The molecule has 0 saturated carbocycles. The summed E-state index contributed by atoms with van der Waals surface area (Å²) in [4.78, 5) is 2.40. The molecular formula is C15H21BrFN. The standard InChI is InChI=1S/C15H21BrFN/c1-2-3-12-6-8-18(9-7-12)15-5-4-14(17)10-13(15)11-16/h4-5,10,12H,2-3,6-9,11H2,1H3. The van der Waals surface area contributed by atoms with Crippen molar-refractivity contribution in [2.24, 2.45) is 5.92 Å². The topological polar surface area (TPSA) is 3.24 Å². The number of benzene rings is 1. The number of hydrogen-bond acceptors (Lipinski definition) is 1. The highest BCUT2D eigenvalue weighted by Crippen LogP contribution is 2.29. The lowest BCUT2D eigenvalue weighted by atomic mass is 9.92. The van der Waals surface area contributed by atoms with Crippen molar-refractivity contribution in [1.82, 2.24) is 0 Å². The second-order valence-corrected chi connectivity index (χ2v) is 5.69. The lowest BCUT2D eigenvalue weighted by molar-refractivity contribution is 0.378. The fourth-order valence-corrected chi connectivity index (χ4v) is 3.29. The Morgan fingerprint density at radius 2 is 2.06 bits per heavy atom. The minimum absolute atomic E-state index is 0.144. The second kappa shape index (κ2) is 6.55. The molecule has 0 N–H and O–H groups in total. The molecule has 0 atom stereocenters. The Kier molecular flexibility index (Phi) is 5.04. The zero-order chi connectivity index (χ0) is 13.0. The molecule has 0 spiro atoms. The SMILES string of the molecule is CCCC1CCN(c2ccc(F)cc2CBr)CC1. The predicted octanol–water partition coefficient (Wildman–Crippen LogP) is 4.74. The highest BCUT2D eigenvalue weighted by molar-refractivity contribution is 9.08. The summed E-state index contributed by atoms with van der Waals surface area (Å²) < 4.78 is 13.2. The van der Waals surface area contributed by atoms with Gasteiger partial charge in [-0.25, -0.2) is 4.39 Å². The molecular weight excluding hydrogens is 293 g/mol. The predicted molar refractivity (Wildman–Crippen MR) is 78.9 cm³/mol. The summed E-state index contributed by atoms with van der Waals surface area (Å²) in [5, 5.41) is 0.717. The van der Waals surface area contributed by atoms with Crippen LogP contribution in [0.5, 0.6) is 0 Å². The molecule has 1 aliphatic rings. The summed E-state index contributed by atoms with van der Waals surface area (Å²) >= 11 is 3.45. The van der Waals surface area contributed by atoms with Crippen LogP contribution in [-0.2, 0) is 5.33 Å². The van der Waals surface area contributed by atoms with Crippen LogP contribution in [0, 0.1) is 11.7 Å². The van der Waals surface area contributed by atoms with Gasteiger partial charge in [-0.1, -0.05) is 35.7 Å². The molecule has 1 heterocycles. The molecule has 18 heavy (non-hydrogen) atoms. The molecule has 1 saturated heterocycles. The van der Waals surface area contributed by atoms with Crippen LogP contribution in [-0.4, -0.2) is 13.1 Å². The van der Waals surface area contributed by atoms with E-state index in [9.17, 15) is 4.39 Å². The van der Waals surface area contributed by atoms with Gasteiger partial charge in [0.2, 0.25) is 0 Å². The molecule has 1 aromatic carbocycles. The number of piperidine rings is 1. The van der Waals surface area contributed by atoms with Gasteiger partial charge in [0.15, 0.2) is 0 Å². The first-order chi connectivity index (χ1) is 8.74. The number of halogens is 2. The van der Waals surface area contributed by atoms with E-state index in [2.05, 4.69) is 27.8 Å². The monoisotopic (exact) mass is 313 g/mol. The first kappa shape index (κ1) is 13.9. The number of alkyl halides is 1. The molecule has 0 radical (unpaired) electrons. The smallest absolute Gasteiger partial charge is 0.123 e. The Balaban J connectivity index is 2.05. The molecule has 3 heteroatoms. The third-order valence-electron chi connectivity index (χ3n) is 3.84. The highest BCUT2D eigenvalue weighted by atomic mass is 79.9. The normalized spacial score (nSPS) is 17.2. The van der Waals surface area contributed by atoms with Gasteiger partial charge in [0.05, 0.1) is 0 Å². The molecule has 0 bridgehead atoms. The van der Waals surface area contributed by atoms with Crippen LogP contribution >= 0.6 is 15.9 Å². The lowest BCUT2D eigenvalue weighted by Gasteiger charge is -2.34. The quantitative estimate of drug-likeness (QED) is 0.726. The van der Waals surface area contributed by atoms with Crippen LogP contribution in [0.2, 0.25) is 0 Å². The molecule has 0 aromatic heterocycles. The van der Waals surface area contributed by atoms with Gasteiger partial charge in [0.25, 0.3) is 0 Å². The summed E-state index contributed by atoms with van der Waals surface area (Å²) in [5.41, 5.74) is 2.26. The Bertz CT molecular complexity index is 386. The summed E-state index contributed by atoms with van der Waals surface area (Å²) in [5.74, 6) is 0.744. The molecule has 1 aromatic rings. The minimum atomic E-state index is -0.144. The van der Waals surface area contributed by atoms with E-state index in [1.807, 2.05) is 6.07 Å². The maximum absolute atomic E-state index is 13.2. The Morgan fingerprint density at radius 1 is 1.33 bits per heavy atom. The van der Waals surface area contributed by atoms with Gasteiger partial charge in [-0.3, -0.25) is 0 Å². The Morgan fingerprint density at radius 3 is 2.67 bits per heavy atom. The molecule has 0 aliphatic carbocycles. The first-order valence-electron chi connectivity index (χ1n) is 6.84. The van der Waals surface area contributed by atoms with Gasteiger partial charge >= 0.3 is 0 Å². The second-order valence-electron chi connectivity index (χ2n) is 5.13. The van der Waals surface area contributed by atoms with Crippen molar-refractivity contribution in [1.29, 1.82) is 0 Å². The van der Waals surface area contributed by atoms with Gasteiger partial charge in [0, 0.05) is 24.1 Å². The molecule has 1 aliphatic heterocycles. The zero-order valence-corrected chi connectivity index (χ0v) is 12.5. The summed E-state index contributed by atoms with van der Waals surface area (Å²) in [7, 11) is 0. The van der Waals surface area contributed by atoms with E-state index < -0.39 is 0 Å². The van der Waals surface area contributed by atoms with Gasteiger partial charge in [-0.2, -0.15) is 0 Å². The Hall–Kier alpha value is -0.570. The fraction of sp³-hybridized carbons (Fsp3) is 0.600. The maximum Gasteiger partial charge on any atom is 0.123 e. The third kappa shape index (κ3) is 3.25. The average Bonchev–Trinajstić information content (AvgIpc) is 2.40. The van der Waals surface area contributed by atoms with E-state index in [0.717, 1.165) is 29.9 Å². The molecule has 0 amide bonds. The first-order valence-corrected chi connectivity index (χ1v) is 7.96. The lowest BCUT2D eigenvalue weighted by Crippen LogP contribution is -2.34. The van der Waals surface area contributed by atoms with Gasteiger partial charge in [0.1, 0.15) is 5.82 Å². The zero-order valence-electron chi connectivity index (χ0n) is 11.0. The van der Waals surface area contributed by atoms with Crippen molar-refractivity contribution in [3.8, 4) is 0 Å². The molecule has 2 rings (SSSR count). The van der Waals surface area contributed by atoms with Crippen LogP contribution < -0.4 is 4.90 Å². The maximum atomic E-state index is 13.2. The van der Waals surface area contributed by atoms with Crippen molar-refractivity contribution < 1.29 is 4.39 Å². The van der Waals surface area contributed by atoms with Crippen LogP contribution in [0.3, 0.4) is 0 Å². The summed E-state index contributed by atoms with van der Waals surface area (Å²) in [6.07, 6.45) is 5.18. The van der Waals surface area contributed by atoms with E-state index in [1.165, 1.54) is 31.4 Å². The Labute approximate surface area is 118 Å². The average molecular weight is 314 g/mol. The van der Waals surface area contributed by atoms with E-state index >= 15 is 0 Å². The van der Waals surface area contributed by atoms with Crippen LogP contribution in [0.25, 0.3) is 0 Å². The largest absolute Gasteiger partial charge is 0.371 e. The van der Waals surface area contributed by atoms with E-state index in [0.29, 0.717) is 0 Å². The van der Waals surface area contributed by atoms with Gasteiger partial charge in [-0.05, 0) is 42.5 Å². The third-order valence-corrected chi connectivity index (χ3v) is 4.44. The minimum Gasteiger partial charge on any atom is -0.371 e. The summed E-state index contributed by atoms with van der Waals surface area (Å²) in [6.45, 7) is 4.47. The van der Waals surface area contributed by atoms with Crippen molar-refractivity contribution >= 4 is 21.6 Å². The van der Waals surface area contributed by atoms with E-state index in [-0.39, 0.29) is 5.82 Å². The molecule has 0 unspecified atom stereocenters. The highest BCUT2D eigenvalue weighted by Gasteiger charge is 2.20. The number of hydrogen-bond donors (Lipinski definition) is 0. The van der Waals surface area contributed by atoms with Crippen molar-refractivity contribution in [3.63, 3.8) is 0 Å². The number of nitrogens with zero attached hydrogens (tertiary/aromatic N) is 1. The van der Waals surface area contributed by atoms with Gasteiger partial charge < -0.3 is 4.90 Å². The van der Waals surface area contributed by atoms with Crippen LogP contribution in [0.4, 0.5) is 10.1 Å². The van der Waals surface area contributed by atoms with Crippen LogP contribution in [0.1, 0.15) is 38.2 Å². The molecule has 1 fully saturated rings. The van der Waals surface area contributed by atoms with Gasteiger partial charge in [-0.15, -0.1) is 0 Å². The van der Waals surface area contributed by atoms with Crippen molar-refractivity contribution in [3.05, 3.63) is 29.6 Å². The number of rotatable bonds is 4. The van der Waals surface area contributed by atoms with E-state index in [1.54, 1.807) is 12.1 Å². The van der Waals surface area contributed by atoms with Crippen molar-refractivity contribution in [2.45, 2.75) is 37.9 Å². The molecule has 1 nitrogen and oxygen atoms in total. The molecule has 100 valence electrons.